The number of ether oxygens (including phenoxy) is 1. The number of methoxy groups -OCH3 is 1. The monoisotopic (exact) mass is 222 g/mol. The molecule has 0 saturated carbocycles. The van der Waals surface area contributed by atoms with Crippen molar-refractivity contribution in [2.24, 2.45) is 5.73 Å². The number of carbonyl (C=O) groups excluding carboxylic acids is 1. The molecule has 1 aromatic carbocycles. The highest BCUT2D eigenvalue weighted by Gasteiger charge is 2.09. The summed E-state index contributed by atoms with van der Waals surface area (Å²) < 4.78 is 5.09. The molecule has 16 heavy (non-hydrogen) atoms. The zero-order chi connectivity index (χ0) is 12.0. The van der Waals surface area contributed by atoms with Gasteiger partial charge in [0.15, 0.2) is 0 Å². The zero-order valence-electron chi connectivity index (χ0n) is 9.69. The standard InChI is InChI=1S/C12H18N2O2/c1-3-11(13)12(15)14-8-9-5-4-6-10(7-9)16-2/h4-7,11H,3,8,13H2,1-2H3,(H,14,15)/t11-/m1/s1. The Kier molecular flexibility index (Phi) is 4.79. The molecule has 0 aliphatic rings. The number of carbonyl (C=O) groups is 1. The molecule has 1 amide bonds. The van der Waals surface area contributed by atoms with Crippen LogP contribution in [0, 0.1) is 0 Å². The summed E-state index contributed by atoms with van der Waals surface area (Å²) in [4.78, 5) is 11.4. The highest BCUT2D eigenvalue weighted by molar-refractivity contribution is 5.81. The lowest BCUT2D eigenvalue weighted by Crippen LogP contribution is -2.39. The van der Waals surface area contributed by atoms with Crippen LogP contribution in [0.25, 0.3) is 0 Å². The van der Waals surface area contributed by atoms with Crippen molar-refractivity contribution in [2.75, 3.05) is 7.11 Å². The number of nitrogens with one attached hydrogen (secondary N) is 1. The maximum absolute atomic E-state index is 11.4. The predicted octanol–water partition coefficient (Wildman–Crippen LogP) is 1.05. The molecule has 0 unspecified atom stereocenters. The van der Waals surface area contributed by atoms with Gasteiger partial charge in [-0.1, -0.05) is 19.1 Å². The van der Waals surface area contributed by atoms with E-state index in [-0.39, 0.29) is 5.91 Å². The Morgan fingerprint density at radius 2 is 2.31 bits per heavy atom. The van der Waals surface area contributed by atoms with Gasteiger partial charge < -0.3 is 15.8 Å². The van der Waals surface area contributed by atoms with Crippen molar-refractivity contribution < 1.29 is 9.53 Å². The molecule has 0 spiro atoms. The van der Waals surface area contributed by atoms with Crippen LogP contribution in [0.3, 0.4) is 0 Å². The smallest absolute Gasteiger partial charge is 0.237 e. The molecule has 0 aliphatic heterocycles. The van der Waals surface area contributed by atoms with E-state index in [4.69, 9.17) is 10.5 Å². The molecule has 0 heterocycles. The van der Waals surface area contributed by atoms with Gasteiger partial charge in [0.25, 0.3) is 0 Å². The van der Waals surface area contributed by atoms with E-state index in [1.165, 1.54) is 0 Å². The summed E-state index contributed by atoms with van der Waals surface area (Å²) >= 11 is 0. The fourth-order valence-electron chi connectivity index (χ4n) is 1.29. The van der Waals surface area contributed by atoms with Crippen molar-refractivity contribution in [1.29, 1.82) is 0 Å². The van der Waals surface area contributed by atoms with Gasteiger partial charge in [0.1, 0.15) is 5.75 Å². The van der Waals surface area contributed by atoms with Gasteiger partial charge in [-0.05, 0) is 24.1 Å². The summed E-state index contributed by atoms with van der Waals surface area (Å²) in [6.45, 7) is 2.36. The minimum absolute atomic E-state index is 0.120. The molecule has 0 bridgehead atoms. The highest BCUT2D eigenvalue weighted by atomic mass is 16.5. The Morgan fingerprint density at radius 1 is 1.56 bits per heavy atom. The van der Waals surface area contributed by atoms with Crippen molar-refractivity contribution in [3.05, 3.63) is 29.8 Å². The van der Waals surface area contributed by atoms with E-state index in [0.717, 1.165) is 11.3 Å². The number of rotatable bonds is 5. The fraction of sp³-hybridized carbons (Fsp3) is 0.417. The normalized spacial score (nSPS) is 11.9. The molecule has 0 saturated heterocycles. The first kappa shape index (κ1) is 12.5. The minimum Gasteiger partial charge on any atom is -0.497 e. The number of hydrogen-bond donors (Lipinski definition) is 2. The number of hydrogen-bond acceptors (Lipinski definition) is 3. The van der Waals surface area contributed by atoms with Gasteiger partial charge in [-0.3, -0.25) is 4.79 Å². The summed E-state index contributed by atoms with van der Waals surface area (Å²) in [5.41, 5.74) is 6.60. The third-order valence-electron chi connectivity index (χ3n) is 2.38. The van der Waals surface area contributed by atoms with Crippen LogP contribution in [-0.2, 0) is 11.3 Å². The summed E-state index contributed by atoms with van der Waals surface area (Å²) in [5.74, 6) is 0.664. The van der Waals surface area contributed by atoms with Crippen LogP contribution in [0.15, 0.2) is 24.3 Å². The highest BCUT2D eigenvalue weighted by Crippen LogP contribution is 2.12. The van der Waals surface area contributed by atoms with Crippen LogP contribution in [0.2, 0.25) is 0 Å². The van der Waals surface area contributed by atoms with Gasteiger partial charge in [0.05, 0.1) is 13.2 Å². The second-order valence-corrected chi connectivity index (χ2v) is 3.58. The molecule has 88 valence electrons. The zero-order valence-corrected chi connectivity index (χ0v) is 9.69. The maximum Gasteiger partial charge on any atom is 0.237 e. The lowest BCUT2D eigenvalue weighted by atomic mass is 10.2. The van der Waals surface area contributed by atoms with Crippen molar-refractivity contribution >= 4 is 5.91 Å². The molecule has 0 radical (unpaired) electrons. The summed E-state index contributed by atoms with van der Waals surface area (Å²) in [6, 6.07) is 7.15. The molecule has 1 atom stereocenters. The molecule has 0 aliphatic carbocycles. The van der Waals surface area contributed by atoms with E-state index in [1.807, 2.05) is 31.2 Å². The third kappa shape index (κ3) is 3.55. The van der Waals surface area contributed by atoms with E-state index >= 15 is 0 Å². The maximum atomic E-state index is 11.4. The number of amides is 1. The summed E-state index contributed by atoms with van der Waals surface area (Å²) in [5, 5.41) is 2.78. The van der Waals surface area contributed by atoms with E-state index in [1.54, 1.807) is 7.11 Å². The molecule has 1 rings (SSSR count). The van der Waals surface area contributed by atoms with Crippen LogP contribution in [-0.4, -0.2) is 19.1 Å². The van der Waals surface area contributed by atoms with Crippen LogP contribution < -0.4 is 15.8 Å². The van der Waals surface area contributed by atoms with E-state index in [2.05, 4.69) is 5.32 Å². The van der Waals surface area contributed by atoms with Crippen molar-refractivity contribution in [1.82, 2.24) is 5.32 Å². The van der Waals surface area contributed by atoms with Gasteiger partial charge in [-0.15, -0.1) is 0 Å². The first-order valence-corrected chi connectivity index (χ1v) is 5.33. The van der Waals surface area contributed by atoms with E-state index in [9.17, 15) is 4.79 Å². The van der Waals surface area contributed by atoms with Crippen molar-refractivity contribution in [2.45, 2.75) is 25.9 Å². The van der Waals surface area contributed by atoms with E-state index in [0.29, 0.717) is 13.0 Å². The van der Waals surface area contributed by atoms with Crippen molar-refractivity contribution in [3.63, 3.8) is 0 Å². The molecule has 1 aromatic rings. The average Bonchev–Trinajstić information content (AvgIpc) is 2.35. The number of nitrogens with two attached hydrogens (primary N) is 1. The fourth-order valence-corrected chi connectivity index (χ4v) is 1.29. The molecule has 3 N–H and O–H groups in total. The summed E-state index contributed by atoms with van der Waals surface area (Å²) in [7, 11) is 1.62. The average molecular weight is 222 g/mol. The van der Waals surface area contributed by atoms with Gasteiger partial charge in [0, 0.05) is 6.54 Å². The lowest BCUT2D eigenvalue weighted by Gasteiger charge is -2.10. The van der Waals surface area contributed by atoms with Crippen LogP contribution in [0.4, 0.5) is 0 Å². The molecule has 0 fully saturated rings. The second-order valence-electron chi connectivity index (χ2n) is 3.58. The quantitative estimate of drug-likeness (QED) is 0.782. The molecule has 4 nitrogen and oxygen atoms in total. The van der Waals surface area contributed by atoms with E-state index < -0.39 is 6.04 Å². The predicted molar refractivity (Wildman–Crippen MR) is 63.1 cm³/mol. The van der Waals surface area contributed by atoms with Crippen LogP contribution in [0.1, 0.15) is 18.9 Å². The Balaban J connectivity index is 2.51. The Hall–Kier alpha value is -1.55. The van der Waals surface area contributed by atoms with Crippen LogP contribution >= 0.6 is 0 Å². The van der Waals surface area contributed by atoms with Gasteiger partial charge in [-0.2, -0.15) is 0 Å². The SMILES string of the molecule is CC[C@@H](N)C(=O)NCc1cccc(OC)c1. The topological polar surface area (TPSA) is 64.4 Å². The Bertz CT molecular complexity index is 353. The van der Waals surface area contributed by atoms with Gasteiger partial charge in [0.2, 0.25) is 5.91 Å². The van der Waals surface area contributed by atoms with Crippen LogP contribution in [0.5, 0.6) is 5.75 Å². The molecular weight excluding hydrogens is 204 g/mol. The minimum atomic E-state index is -0.425. The van der Waals surface area contributed by atoms with Crippen molar-refractivity contribution in [3.8, 4) is 5.75 Å². The van der Waals surface area contributed by atoms with Gasteiger partial charge >= 0.3 is 0 Å². The molecular formula is C12H18N2O2. The lowest BCUT2D eigenvalue weighted by molar-refractivity contribution is -0.122. The largest absolute Gasteiger partial charge is 0.497 e. The third-order valence-corrected chi connectivity index (χ3v) is 2.38. The summed E-state index contributed by atoms with van der Waals surface area (Å²) in [6.07, 6.45) is 0.643. The number of benzene rings is 1. The second kappa shape index (κ2) is 6.12. The van der Waals surface area contributed by atoms with Gasteiger partial charge in [-0.25, -0.2) is 0 Å². The first-order valence-electron chi connectivity index (χ1n) is 5.33. The molecule has 4 heteroatoms. The first-order chi connectivity index (χ1) is 7.67. The Morgan fingerprint density at radius 3 is 2.94 bits per heavy atom. The molecule has 0 aromatic heterocycles. The Labute approximate surface area is 95.8 Å².